The summed E-state index contributed by atoms with van der Waals surface area (Å²) in [7, 11) is 3.07. The number of ether oxygens (including phenoxy) is 2. The summed E-state index contributed by atoms with van der Waals surface area (Å²) >= 11 is 7.55. The van der Waals surface area contributed by atoms with E-state index < -0.39 is 5.91 Å². The number of nitrogens with one attached hydrogen (secondary N) is 1. The topological polar surface area (TPSA) is 73.3 Å². The van der Waals surface area contributed by atoms with Crippen molar-refractivity contribution < 1.29 is 14.3 Å². The lowest BCUT2D eigenvalue weighted by molar-refractivity contribution is 0.102. The predicted molar refractivity (Wildman–Crippen MR) is 95.6 cm³/mol. The summed E-state index contributed by atoms with van der Waals surface area (Å²) in [6.45, 7) is 2.06. The predicted octanol–water partition coefficient (Wildman–Crippen LogP) is 3.90. The number of carbonyl (C=O) groups is 1. The van der Waals surface area contributed by atoms with Crippen molar-refractivity contribution in [2.75, 3.05) is 25.3 Å². The van der Waals surface area contributed by atoms with Crippen LogP contribution in [0.15, 0.2) is 29.6 Å². The monoisotopic (exact) mass is 367 g/mol. The highest BCUT2D eigenvalue weighted by Crippen LogP contribution is 2.29. The highest BCUT2D eigenvalue weighted by molar-refractivity contribution is 7.99. The lowest BCUT2D eigenvalue weighted by Gasteiger charge is -2.12. The molecule has 0 unspecified atom stereocenters. The van der Waals surface area contributed by atoms with Crippen LogP contribution in [-0.4, -0.2) is 35.8 Å². The SMILES string of the molecule is CCCSc1ncc(Cl)c(C(=O)Nc2cc(OC)ccc2OC)n1. The number of aromatic nitrogens is 2. The van der Waals surface area contributed by atoms with E-state index in [4.69, 9.17) is 21.1 Å². The fourth-order valence-electron chi connectivity index (χ4n) is 1.87. The van der Waals surface area contributed by atoms with Crippen LogP contribution in [0.2, 0.25) is 5.02 Å². The van der Waals surface area contributed by atoms with E-state index in [0.717, 1.165) is 12.2 Å². The second-order valence-corrected chi connectivity index (χ2v) is 6.19. The lowest BCUT2D eigenvalue weighted by atomic mass is 10.2. The maximum absolute atomic E-state index is 12.5. The van der Waals surface area contributed by atoms with Gasteiger partial charge in [-0.25, -0.2) is 9.97 Å². The van der Waals surface area contributed by atoms with Crippen LogP contribution in [0, 0.1) is 0 Å². The van der Waals surface area contributed by atoms with Gasteiger partial charge in [0.2, 0.25) is 0 Å². The number of benzene rings is 1. The van der Waals surface area contributed by atoms with Crippen molar-refractivity contribution in [2.45, 2.75) is 18.5 Å². The molecule has 0 atom stereocenters. The van der Waals surface area contributed by atoms with Crippen molar-refractivity contribution in [2.24, 2.45) is 0 Å². The first kappa shape index (κ1) is 18.4. The number of methoxy groups -OCH3 is 2. The first-order valence-electron chi connectivity index (χ1n) is 7.27. The van der Waals surface area contributed by atoms with Gasteiger partial charge in [-0.15, -0.1) is 0 Å². The number of thioether (sulfide) groups is 1. The van der Waals surface area contributed by atoms with E-state index in [1.165, 1.54) is 25.1 Å². The van der Waals surface area contributed by atoms with Crippen molar-refractivity contribution in [1.29, 1.82) is 0 Å². The zero-order valence-electron chi connectivity index (χ0n) is 13.6. The van der Waals surface area contributed by atoms with E-state index in [0.29, 0.717) is 22.3 Å². The maximum Gasteiger partial charge on any atom is 0.276 e. The molecule has 1 aromatic carbocycles. The molecule has 0 saturated heterocycles. The molecule has 1 N–H and O–H groups in total. The number of hydrogen-bond acceptors (Lipinski definition) is 6. The van der Waals surface area contributed by atoms with Crippen LogP contribution in [-0.2, 0) is 0 Å². The van der Waals surface area contributed by atoms with Crippen molar-refractivity contribution in [3.63, 3.8) is 0 Å². The molecule has 128 valence electrons. The van der Waals surface area contributed by atoms with E-state index in [1.807, 2.05) is 0 Å². The average Bonchev–Trinajstić information content (AvgIpc) is 2.60. The molecule has 1 amide bonds. The van der Waals surface area contributed by atoms with E-state index >= 15 is 0 Å². The number of carbonyl (C=O) groups excluding carboxylic acids is 1. The van der Waals surface area contributed by atoms with Crippen molar-refractivity contribution in [3.8, 4) is 11.5 Å². The molecule has 2 rings (SSSR count). The van der Waals surface area contributed by atoms with Gasteiger partial charge in [0, 0.05) is 11.8 Å². The van der Waals surface area contributed by atoms with Crippen molar-refractivity contribution in [3.05, 3.63) is 35.1 Å². The molecule has 0 spiro atoms. The summed E-state index contributed by atoms with van der Waals surface area (Å²) in [5.41, 5.74) is 0.592. The largest absolute Gasteiger partial charge is 0.497 e. The number of rotatable bonds is 7. The second kappa shape index (κ2) is 8.75. The van der Waals surface area contributed by atoms with Crippen LogP contribution >= 0.6 is 23.4 Å². The van der Waals surface area contributed by atoms with E-state index in [1.54, 1.807) is 25.3 Å². The Balaban J connectivity index is 2.26. The summed E-state index contributed by atoms with van der Waals surface area (Å²) in [6.07, 6.45) is 2.42. The van der Waals surface area contributed by atoms with Crippen LogP contribution in [0.4, 0.5) is 5.69 Å². The molecule has 0 aliphatic rings. The van der Waals surface area contributed by atoms with Gasteiger partial charge >= 0.3 is 0 Å². The Morgan fingerprint density at radius 1 is 1.33 bits per heavy atom. The molecular formula is C16H18ClN3O3S. The molecule has 0 fully saturated rings. The molecule has 0 aliphatic heterocycles. The maximum atomic E-state index is 12.5. The van der Waals surface area contributed by atoms with Gasteiger partial charge in [0.1, 0.15) is 11.5 Å². The first-order valence-corrected chi connectivity index (χ1v) is 8.64. The molecule has 1 heterocycles. The quantitative estimate of drug-likeness (QED) is 0.591. The number of hydrogen-bond donors (Lipinski definition) is 1. The normalized spacial score (nSPS) is 10.3. The van der Waals surface area contributed by atoms with Crippen LogP contribution in [0.3, 0.4) is 0 Å². The van der Waals surface area contributed by atoms with E-state index in [9.17, 15) is 4.79 Å². The Kier molecular flexibility index (Phi) is 6.69. The summed E-state index contributed by atoms with van der Waals surface area (Å²) in [5, 5.41) is 3.46. The molecule has 1 aromatic heterocycles. The minimum Gasteiger partial charge on any atom is -0.497 e. The van der Waals surface area contributed by atoms with E-state index in [2.05, 4.69) is 22.2 Å². The van der Waals surface area contributed by atoms with Gasteiger partial charge in [-0.1, -0.05) is 30.3 Å². The Labute approximate surface area is 149 Å². The third-order valence-corrected chi connectivity index (χ3v) is 4.37. The van der Waals surface area contributed by atoms with Crippen LogP contribution in [0.5, 0.6) is 11.5 Å². The number of anilines is 1. The molecule has 8 heteroatoms. The smallest absolute Gasteiger partial charge is 0.276 e. The summed E-state index contributed by atoms with van der Waals surface area (Å²) < 4.78 is 10.4. The molecule has 2 aromatic rings. The van der Waals surface area contributed by atoms with Gasteiger partial charge in [0.25, 0.3) is 5.91 Å². The summed E-state index contributed by atoms with van der Waals surface area (Å²) in [4.78, 5) is 20.9. The van der Waals surface area contributed by atoms with Gasteiger partial charge in [-0.2, -0.15) is 0 Å². The third-order valence-electron chi connectivity index (χ3n) is 3.03. The van der Waals surface area contributed by atoms with Gasteiger partial charge in [0.15, 0.2) is 10.9 Å². The molecule has 0 radical (unpaired) electrons. The second-order valence-electron chi connectivity index (χ2n) is 4.72. The molecule has 6 nitrogen and oxygen atoms in total. The molecule has 0 bridgehead atoms. The van der Waals surface area contributed by atoms with Crippen molar-refractivity contribution in [1.82, 2.24) is 9.97 Å². The zero-order valence-corrected chi connectivity index (χ0v) is 15.2. The molecule has 24 heavy (non-hydrogen) atoms. The van der Waals surface area contributed by atoms with Crippen LogP contribution < -0.4 is 14.8 Å². The fraction of sp³-hybridized carbons (Fsp3) is 0.312. The Bertz CT molecular complexity index is 728. The van der Waals surface area contributed by atoms with Gasteiger partial charge < -0.3 is 14.8 Å². The summed E-state index contributed by atoms with van der Waals surface area (Å²) in [6, 6.07) is 5.11. The fourth-order valence-corrected chi connectivity index (χ4v) is 2.71. The van der Waals surface area contributed by atoms with Crippen LogP contribution in [0.25, 0.3) is 0 Å². The zero-order chi connectivity index (χ0) is 17.5. The molecule has 0 aliphatic carbocycles. The average molecular weight is 368 g/mol. The summed E-state index contributed by atoms with van der Waals surface area (Å²) in [5.74, 6) is 1.54. The van der Waals surface area contributed by atoms with Crippen molar-refractivity contribution >= 4 is 35.0 Å². The Hall–Kier alpha value is -1.99. The highest BCUT2D eigenvalue weighted by atomic mass is 35.5. The molecular weight excluding hydrogens is 350 g/mol. The number of nitrogens with zero attached hydrogens (tertiary/aromatic N) is 2. The first-order chi connectivity index (χ1) is 11.6. The van der Waals surface area contributed by atoms with Crippen LogP contribution in [0.1, 0.15) is 23.8 Å². The van der Waals surface area contributed by atoms with Gasteiger partial charge in [0.05, 0.1) is 31.1 Å². The Morgan fingerprint density at radius 3 is 2.79 bits per heavy atom. The number of amides is 1. The van der Waals surface area contributed by atoms with Gasteiger partial charge in [-0.3, -0.25) is 4.79 Å². The Morgan fingerprint density at radius 2 is 2.12 bits per heavy atom. The molecule has 0 saturated carbocycles. The highest BCUT2D eigenvalue weighted by Gasteiger charge is 2.17. The van der Waals surface area contributed by atoms with Gasteiger partial charge in [-0.05, 0) is 18.6 Å². The minimum absolute atomic E-state index is 0.121. The lowest BCUT2D eigenvalue weighted by Crippen LogP contribution is -2.16. The standard InChI is InChI=1S/C16H18ClN3O3S/c1-4-7-24-16-18-9-11(17)14(20-16)15(21)19-12-8-10(22-2)5-6-13(12)23-3/h5-6,8-9H,4,7H2,1-3H3,(H,19,21). The number of halogens is 1. The van der Waals surface area contributed by atoms with E-state index in [-0.39, 0.29) is 10.7 Å². The third kappa shape index (κ3) is 4.52. The minimum atomic E-state index is -0.438.